The van der Waals surface area contributed by atoms with Crippen molar-refractivity contribution in [1.82, 2.24) is 25.0 Å². The third-order valence-corrected chi connectivity index (χ3v) is 5.33. The van der Waals surface area contributed by atoms with Gasteiger partial charge in [-0.05, 0) is 18.3 Å². The molecule has 0 radical (unpaired) electrons. The predicted octanol–water partition coefficient (Wildman–Crippen LogP) is 1.95. The van der Waals surface area contributed by atoms with Crippen LogP contribution in [0.5, 0.6) is 0 Å². The molecular weight excluding hydrogens is 262 g/mol. The number of hydrogen-bond acceptors (Lipinski definition) is 4. The van der Waals surface area contributed by atoms with Crippen LogP contribution in [0.15, 0.2) is 6.33 Å². The molecule has 0 bridgehead atoms. The van der Waals surface area contributed by atoms with Gasteiger partial charge in [-0.25, -0.2) is 4.98 Å². The minimum atomic E-state index is 0.270. The summed E-state index contributed by atoms with van der Waals surface area (Å²) >= 11 is 0. The number of hydrogen-bond donors (Lipinski definition) is 1. The van der Waals surface area contributed by atoms with Crippen LogP contribution >= 0.6 is 0 Å². The summed E-state index contributed by atoms with van der Waals surface area (Å²) in [4.78, 5) is 7.08. The van der Waals surface area contributed by atoms with Gasteiger partial charge in [0.1, 0.15) is 12.2 Å². The fourth-order valence-corrected chi connectivity index (χ4v) is 4.05. The molecule has 21 heavy (non-hydrogen) atoms. The lowest BCUT2D eigenvalue weighted by molar-refractivity contribution is 0.0155. The molecule has 2 fully saturated rings. The molecule has 1 N–H and O–H groups in total. The molecule has 118 valence electrons. The van der Waals surface area contributed by atoms with Gasteiger partial charge in [-0.2, -0.15) is 5.10 Å². The molecule has 1 aliphatic heterocycles. The van der Waals surface area contributed by atoms with Crippen molar-refractivity contribution in [3.8, 4) is 0 Å². The van der Waals surface area contributed by atoms with E-state index in [9.17, 15) is 0 Å². The summed E-state index contributed by atoms with van der Waals surface area (Å²) in [6.45, 7) is 10.2. The van der Waals surface area contributed by atoms with Crippen LogP contribution in [-0.4, -0.2) is 44.3 Å². The van der Waals surface area contributed by atoms with Crippen LogP contribution < -0.4 is 5.32 Å². The Hall–Kier alpha value is -0.940. The van der Waals surface area contributed by atoms with E-state index < -0.39 is 0 Å². The SMILES string of the molecule is Cn1ncnc1CN1CC2(CCCC2)NCC1C(C)(C)C. The number of nitrogens with zero attached hydrogens (tertiary/aromatic N) is 4. The van der Waals surface area contributed by atoms with E-state index in [-0.39, 0.29) is 5.41 Å². The Morgan fingerprint density at radius 1 is 1.33 bits per heavy atom. The average molecular weight is 291 g/mol. The summed E-state index contributed by atoms with van der Waals surface area (Å²) < 4.78 is 1.91. The highest BCUT2D eigenvalue weighted by molar-refractivity contribution is 5.04. The zero-order valence-corrected chi connectivity index (χ0v) is 13.9. The monoisotopic (exact) mass is 291 g/mol. The highest BCUT2D eigenvalue weighted by Crippen LogP contribution is 2.37. The van der Waals surface area contributed by atoms with Crippen molar-refractivity contribution < 1.29 is 0 Å². The molecule has 2 heterocycles. The van der Waals surface area contributed by atoms with Gasteiger partial charge in [0, 0.05) is 31.7 Å². The van der Waals surface area contributed by atoms with Crippen LogP contribution in [0.3, 0.4) is 0 Å². The van der Waals surface area contributed by atoms with Gasteiger partial charge in [-0.3, -0.25) is 9.58 Å². The Kier molecular flexibility index (Phi) is 3.82. The zero-order chi connectivity index (χ0) is 15.1. The maximum atomic E-state index is 4.43. The topological polar surface area (TPSA) is 46.0 Å². The minimum absolute atomic E-state index is 0.270. The molecule has 1 atom stereocenters. The molecule has 5 nitrogen and oxygen atoms in total. The van der Waals surface area contributed by atoms with Gasteiger partial charge in [0.25, 0.3) is 0 Å². The molecule has 1 spiro atoms. The fourth-order valence-electron chi connectivity index (χ4n) is 4.05. The van der Waals surface area contributed by atoms with Gasteiger partial charge >= 0.3 is 0 Å². The molecule has 1 unspecified atom stereocenters. The highest BCUT2D eigenvalue weighted by atomic mass is 15.3. The van der Waals surface area contributed by atoms with Crippen LogP contribution in [0.1, 0.15) is 52.3 Å². The Morgan fingerprint density at radius 2 is 2.05 bits per heavy atom. The number of rotatable bonds is 2. The predicted molar refractivity (Wildman–Crippen MR) is 83.9 cm³/mol. The Morgan fingerprint density at radius 3 is 2.62 bits per heavy atom. The van der Waals surface area contributed by atoms with Crippen molar-refractivity contribution in [1.29, 1.82) is 0 Å². The van der Waals surface area contributed by atoms with E-state index >= 15 is 0 Å². The van der Waals surface area contributed by atoms with Crippen molar-refractivity contribution in [3.63, 3.8) is 0 Å². The Balaban J connectivity index is 1.81. The summed E-state index contributed by atoms with van der Waals surface area (Å²) in [6, 6.07) is 0.542. The van der Waals surface area contributed by atoms with E-state index in [1.54, 1.807) is 6.33 Å². The number of piperazine rings is 1. The average Bonchev–Trinajstić information content (AvgIpc) is 2.99. The van der Waals surface area contributed by atoms with Crippen LogP contribution in [0.2, 0.25) is 0 Å². The molecule has 1 saturated carbocycles. The minimum Gasteiger partial charge on any atom is -0.308 e. The third-order valence-electron chi connectivity index (χ3n) is 5.33. The smallest absolute Gasteiger partial charge is 0.140 e. The standard InChI is InChI=1S/C16H29N5/c1-15(2,3)13-9-18-16(7-5-6-8-16)11-21(13)10-14-17-12-19-20(14)4/h12-13,18H,5-11H2,1-4H3. The lowest BCUT2D eigenvalue weighted by atomic mass is 9.81. The molecule has 1 aromatic heterocycles. The summed E-state index contributed by atoms with van der Waals surface area (Å²) in [5, 5.41) is 8.11. The summed E-state index contributed by atoms with van der Waals surface area (Å²) in [7, 11) is 1.99. The maximum absolute atomic E-state index is 4.43. The van der Waals surface area contributed by atoms with Gasteiger partial charge in [0.2, 0.25) is 0 Å². The van der Waals surface area contributed by atoms with Gasteiger partial charge in [0.05, 0.1) is 6.54 Å². The first-order chi connectivity index (χ1) is 9.90. The third kappa shape index (κ3) is 2.99. The van der Waals surface area contributed by atoms with Crippen molar-refractivity contribution in [2.45, 2.75) is 64.6 Å². The molecular formula is C16H29N5. The van der Waals surface area contributed by atoms with Gasteiger partial charge in [-0.1, -0.05) is 33.6 Å². The lowest BCUT2D eigenvalue weighted by Gasteiger charge is -2.50. The fraction of sp³-hybridized carbons (Fsp3) is 0.875. The molecule has 5 heteroatoms. The summed E-state index contributed by atoms with van der Waals surface area (Å²) in [5.41, 5.74) is 0.617. The van der Waals surface area contributed by atoms with Gasteiger partial charge < -0.3 is 5.32 Å². The Bertz CT molecular complexity index is 481. The van der Waals surface area contributed by atoms with Gasteiger partial charge in [0.15, 0.2) is 0 Å². The molecule has 0 aromatic carbocycles. The second-order valence-electron chi connectivity index (χ2n) is 7.96. The molecule has 3 rings (SSSR count). The van der Waals surface area contributed by atoms with E-state index in [2.05, 4.69) is 41.1 Å². The van der Waals surface area contributed by atoms with Crippen molar-refractivity contribution in [2.24, 2.45) is 12.5 Å². The van der Waals surface area contributed by atoms with Gasteiger partial charge in [-0.15, -0.1) is 0 Å². The molecule has 0 amide bonds. The first-order valence-corrected chi connectivity index (χ1v) is 8.22. The van der Waals surface area contributed by atoms with E-state index in [0.717, 1.165) is 25.5 Å². The molecule has 2 aliphatic rings. The van der Waals surface area contributed by atoms with Crippen molar-refractivity contribution >= 4 is 0 Å². The maximum Gasteiger partial charge on any atom is 0.140 e. The summed E-state index contributed by atoms with van der Waals surface area (Å²) in [6.07, 6.45) is 7.03. The van der Waals surface area contributed by atoms with Crippen LogP contribution in [-0.2, 0) is 13.6 Å². The second-order valence-corrected chi connectivity index (χ2v) is 7.96. The number of aromatic nitrogens is 3. The largest absolute Gasteiger partial charge is 0.308 e. The van der Waals surface area contributed by atoms with E-state index in [1.807, 2.05) is 11.7 Å². The van der Waals surface area contributed by atoms with Crippen LogP contribution in [0.4, 0.5) is 0 Å². The molecule has 1 aliphatic carbocycles. The normalized spacial score (nSPS) is 26.6. The first-order valence-electron chi connectivity index (χ1n) is 8.22. The van der Waals surface area contributed by atoms with E-state index in [1.165, 1.54) is 25.7 Å². The highest BCUT2D eigenvalue weighted by Gasteiger charge is 2.44. The molecule has 1 saturated heterocycles. The number of nitrogens with one attached hydrogen (secondary N) is 1. The number of aryl methyl sites for hydroxylation is 1. The second kappa shape index (κ2) is 5.36. The first kappa shape index (κ1) is 15.0. The molecule has 1 aromatic rings. The van der Waals surface area contributed by atoms with Crippen LogP contribution in [0.25, 0.3) is 0 Å². The Labute approximate surface area is 128 Å². The lowest BCUT2D eigenvalue weighted by Crippen LogP contribution is -2.65. The quantitative estimate of drug-likeness (QED) is 0.904. The zero-order valence-electron chi connectivity index (χ0n) is 13.9. The van der Waals surface area contributed by atoms with E-state index in [4.69, 9.17) is 0 Å². The summed E-state index contributed by atoms with van der Waals surface area (Å²) in [5.74, 6) is 1.07. The van der Waals surface area contributed by atoms with Crippen molar-refractivity contribution in [2.75, 3.05) is 13.1 Å². The van der Waals surface area contributed by atoms with Crippen molar-refractivity contribution in [3.05, 3.63) is 12.2 Å². The van der Waals surface area contributed by atoms with Crippen LogP contribution in [0, 0.1) is 5.41 Å². The van der Waals surface area contributed by atoms with E-state index in [0.29, 0.717) is 11.6 Å².